The summed E-state index contributed by atoms with van der Waals surface area (Å²) in [4.78, 5) is 25.0. The molecule has 1 saturated heterocycles. The minimum atomic E-state index is -0.253. The summed E-state index contributed by atoms with van der Waals surface area (Å²) in [6.07, 6.45) is 17.5. The van der Waals surface area contributed by atoms with Crippen molar-refractivity contribution in [3.05, 3.63) is 48.1 Å². The van der Waals surface area contributed by atoms with Crippen molar-refractivity contribution in [1.29, 1.82) is 0 Å². The summed E-state index contributed by atoms with van der Waals surface area (Å²) in [6, 6.07) is 4.56. The smallest absolute Gasteiger partial charge is 0.262 e. The first-order valence-electron chi connectivity index (χ1n) is 13.7. The number of nitrogens with one attached hydrogen (secondary N) is 1. The quantitative estimate of drug-likeness (QED) is 0.541. The normalized spacial score (nSPS) is 25.4. The van der Waals surface area contributed by atoms with Gasteiger partial charge in [-0.05, 0) is 69.2 Å². The molecule has 1 amide bonds. The van der Waals surface area contributed by atoms with E-state index in [1.165, 1.54) is 25.7 Å². The third kappa shape index (κ3) is 4.97. The highest BCUT2D eigenvalue weighted by molar-refractivity contribution is 6.08. The van der Waals surface area contributed by atoms with Gasteiger partial charge in [-0.25, -0.2) is 14.5 Å². The van der Waals surface area contributed by atoms with Crippen LogP contribution in [0.25, 0.3) is 11.5 Å². The lowest BCUT2D eigenvalue weighted by Crippen LogP contribution is -2.43. The highest BCUT2D eigenvalue weighted by Gasteiger charge is 2.30. The molecule has 0 radical (unpaired) electrons. The molecule has 2 aliphatic heterocycles. The van der Waals surface area contributed by atoms with Crippen molar-refractivity contribution in [3.8, 4) is 0 Å². The van der Waals surface area contributed by atoms with Gasteiger partial charge in [0.2, 0.25) is 0 Å². The third-order valence-electron chi connectivity index (χ3n) is 8.22. The maximum absolute atomic E-state index is 13.3. The Labute approximate surface area is 217 Å². The largest absolute Gasteiger partial charge is 0.306 e. The zero-order chi connectivity index (χ0) is 25.4. The van der Waals surface area contributed by atoms with E-state index < -0.39 is 0 Å². The first-order valence-corrected chi connectivity index (χ1v) is 13.7. The Hall–Kier alpha value is -3.33. The standard InChI is InChI=1S/C28H36N8O/c1-19-5-3-6-22(15-19)34-13-9-21(10-14-34)24-16-26(36(33-24)25-8-7-20(2)17-30-25)32-28(37)23-18-31-35-12-4-11-29-27(23)35/h4,8,11-12,16-22H,3,5-7,9-10,13-15H2,1-2H3,(H,32,37). The van der Waals surface area contributed by atoms with Gasteiger partial charge in [0.25, 0.3) is 5.91 Å². The maximum atomic E-state index is 13.3. The fourth-order valence-electron chi connectivity index (χ4n) is 6.08. The highest BCUT2D eigenvalue weighted by atomic mass is 16.1. The number of nitrogens with zero attached hydrogens (tertiary/aromatic N) is 7. The van der Waals surface area contributed by atoms with Crippen LogP contribution >= 0.6 is 0 Å². The summed E-state index contributed by atoms with van der Waals surface area (Å²) < 4.78 is 3.40. The Kier molecular flexibility index (Phi) is 6.63. The molecule has 194 valence electrons. The van der Waals surface area contributed by atoms with Crippen LogP contribution in [-0.2, 0) is 0 Å². The second-order valence-electron chi connectivity index (χ2n) is 11.1. The van der Waals surface area contributed by atoms with E-state index in [0.29, 0.717) is 28.9 Å². The lowest BCUT2D eigenvalue weighted by molar-refractivity contribution is 0.102. The first kappa shape index (κ1) is 24.0. The number of carbonyl (C=O) groups is 1. The number of allylic oxidation sites excluding steroid dienone is 1. The van der Waals surface area contributed by atoms with Crippen molar-refractivity contribution in [1.82, 2.24) is 29.3 Å². The molecular formula is C28H36N8O. The van der Waals surface area contributed by atoms with Gasteiger partial charge in [0.05, 0.1) is 11.9 Å². The molecule has 0 aromatic carbocycles. The van der Waals surface area contributed by atoms with Gasteiger partial charge in [0.15, 0.2) is 11.5 Å². The van der Waals surface area contributed by atoms with Gasteiger partial charge >= 0.3 is 0 Å². The van der Waals surface area contributed by atoms with Crippen LogP contribution in [0.2, 0.25) is 0 Å². The van der Waals surface area contributed by atoms with Crippen LogP contribution in [0.5, 0.6) is 0 Å². The number of anilines is 1. The van der Waals surface area contributed by atoms with Crippen molar-refractivity contribution < 1.29 is 4.79 Å². The summed E-state index contributed by atoms with van der Waals surface area (Å²) in [5.41, 5.74) is 1.98. The molecule has 3 aromatic rings. The van der Waals surface area contributed by atoms with Crippen LogP contribution in [-0.4, -0.2) is 60.5 Å². The van der Waals surface area contributed by atoms with Gasteiger partial charge in [-0.2, -0.15) is 14.9 Å². The van der Waals surface area contributed by atoms with E-state index >= 15 is 0 Å². The molecule has 3 aromatic heterocycles. The van der Waals surface area contributed by atoms with Gasteiger partial charge in [0, 0.05) is 36.6 Å². The highest BCUT2D eigenvalue weighted by Crippen LogP contribution is 2.35. The molecule has 3 atom stereocenters. The van der Waals surface area contributed by atoms with E-state index in [4.69, 9.17) is 5.10 Å². The summed E-state index contributed by atoms with van der Waals surface area (Å²) in [7, 11) is 0. The molecule has 2 fully saturated rings. The average Bonchev–Trinajstić information content (AvgIpc) is 3.54. The topological polar surface area (TPSA) is 92.7 Å². The van der Waals surface area contributed by atoms with E-state index in [0.717, 1.165) is 55.8 Å². The molecule has 3 aliphatic rings. The number of rotatable bonds is 5. The second-order valence-corrected chi connectivity index (χ2v) is 11.1. The number of likely N-dealkylation sites (tertiary alicyclic amines) is 1. The molecular weight excluding hydrogens is 464 g/mol. The predicted molar refractivity (Wildman–Crippen MR) is 145 cm³/mol. The molecule has 9 nitrogen and oxygen atoms in total. The van der Waals surface area contributed by atoms with E-state index in [-0.39, 0.29) is 5.91 Å². The Bertz CT molecular complexity index is 1330. The number of carbonyl (C=O) groups excluding carboxylic acids is 1. The summed E-state index contributed by atoms with van der Waals surface area (Å²) in [6.45, 7) is 6.77. The zero-order valence-corrected chi connectivity index (χ0v) is 21.8. The Morgan fingerprint density at radius 1 is 1.14 bits per heavy atom. The first-order chi connectivity index (χ1) is 18.0. The van der Waals surface area contributed by atoms with Crippen LogP contribution in [0.3, 0.4) is 0 Å². The number of amides is 1. The molecule has 3 unspecified atom stereocenters. The lowest BCUT2D eigenvalue weighted by atomic mass is 9.84. The maximum Gasteiger partial charge on any atom is 0.262 e. The van der Waals surface area contributed by atoms with Crippen molar-refractivity contribution in [3.63, 3.8) is 0 Å². The van der Waals surface area contributed by atoms with Crippen molar-refractivity contribution in [2.45, 2.75) is 70.8 Å². The Morgan fingerprint density at radius 3 is 2.78 bits per heavy atom. The summed E-state index contributed by atoms with van der Waals surface area (Å²) in [5.74, 6) is 2.75. The molecule has 1 aliphatic carbocycles. The number of fused-ring (bicyclic) bond motifs is 1. The molecule has 5 heterocycles. The van der Waals surface area contributed by atoms with Gasteiger partial charge in [-0.1, -0.05) is 26.7 Å². The van der Waals surface area contributed by atoms with Crippen molar-refractivity contribution in [2.75, 3.05) is 18.4 Å². The van der Waals surface area contributed by atoms with Crippen molar-refractivity contribution >= 4 is 29.4 Å². The van der Waals surface area contributed by atoms with E-state index in [2.05, 4.69) is 45.2 Å². The molecule has 0 spiro atoms. The molecule has 37 heavy (non-hydrogen) atoms. The monoisotopic (exact) mass is 500 g/mol. The fourth-order valence-corrected chi connectivity index (χ4v) is 6.08. The molecule has 6 rings (SSSR count). The zero-order valence-electron chi connectivity index (χ0n) is 21.8. The van der Waals surface area contributed by atoms with Gasteiger partial charge in [-0.3, -0.25) is 4.79 Å². The Balaban J connectivity index is 1.23. The third-order valence-corrected chi connectivity index (χ3v) is 8.22. The Morgan fingerprint density at radius 2 is 2.00 bits per heavy atom. The predicted octanol–water partition coefficient (Wildman–Crippen LogP) is 4.85. The summed E-state index contributed by atoms with van der Waals surface area (Å²) in [5, 5.41) is 12.3. The lowest BCUT2D eigenvalue weighted by Gasteiger charge is -2.40. The van der Waals surface area contributed by atoms with Crippen LogP contribution in [0, 0.1) is 11.8 Å². The molecule has 1 saturated carbocycles. The second kappa shape index (κ2) is 10.2. The minimum Gasteiger partial charge on any atom is -0.306 e. The van der Waals surface area contributed by atoms with Crippen LogP contribution < -0.4 is 5.32 Å². The van der Waals surface area contributed by atoms with Gasteiger partial charge in [0.1, 0.15) is 11.4 Å². The van der Waals surface area contributed by atoms with E-state index in [1.807, 2.05) is 12.3 Å². The number of hydrogen-bond acceptors (Lipinski definition) is 6. The van der Waals surface area contributed by atoms with E-state index in [9.17, 15) is 4.79 Å². The van der Waals surface area contributed by atoms with Crippen LogP contribution in [0.15, 0.2) is 41.8 Å². The van der Waals surface area contributed by atoms with Gasteiger partial charge < -0.3 is 10.2 Å². The van der Waals surface area contributed by atoms with E-state index in [1.54, 1.807) is 33.9 Å². The number of aromatic nitrogens is 5. The molecule has 1 N–H and O–H groups in total. The number of hydrogen-bond donors (Lipinski definition) is 1. The molecule has 0 bridgehead atoms. The number of aliphatic imine (C=N–C) groups is 1. The summed E-state index contributed by atoms with van der Waals surface area (Å²) >= 11 is 0. The van der Waals surface area contributed by atoms with Gasteiger partial charge in [-0.15, -0.1) is 0 Å². The van der Waals surface area contributed by atoms with Crippen LogP contribution in [0.4, 0.5) is 5.82 Å². The SMILES string of the molecule is CC1C=NC(n2nc(C3CCN(C4CCCC(C)C4)CC3)cc2NC(=O)c2cnn3cccnc23)=CC1. The van der Waals surface area contributed by atoms with Crippen molar-refractivity contribution in [2.24, 2.45) is 16.8 Å². The number of piperidine rings is 1. The van der Waals surface area contributed by atoms with Crippen LogP contribution in [0.1, 0.15) is 80.8 Å². The molecule has 9 heteroatoms. The fraction of sp³-hybridized carbons (Fsp3) is 0.536. The average molecular weight is 501 g/mol. The minimum absolute atomic E-state index is 0.253.